The lowest BCUT2D eigenvalue weighted by atomic mass is 10.1. The van der Waals surface area contributed by atoms with Crippen molar-refractivity contribution in [2.75, 3.05) is 13.1 Å². The Morgan fingerprint density at radius 3 is 2.65 bits per heavy atom. The number of carbonyl (C=O) groups is 1. The molecule has 0 atom stereocenters. The second-order valence-electron chi connectivity index (χ2n) is 4.79. The van der Waals surface area contributed by atoms with E-state index in [2.05, 4.69) is 22.0 Å². The predicted octanol–water partition coefficient (Wildman–Crippen LogP) is 1.89. The van der Waals surface area contributed by atoms with Crippen LogP contribution in [0.25, 0.3) is 0 Å². The molecule has 0 fully saturated rings. The third kappa shape index (κ3) is 3.47. The monoisotopic (exact) mass is 358 g/mol. The number of nitrogens with zero attached hydrogens (tertiary/aromatic N) is 1. The molecule has 2 N–H and O–H groups in total. The van der Waals surface area contributed by atoms with E-state index in [-0.39, 0.29) is 10.8 Å². The fourth-order valence-corrected chi connectivity index (χ4v) is 3.35. The lowest BCUT2D eigenvalue weighted by Gasteiger charge is -2.26. The average Bonchev–Trinajstić information content (AvgIpc) is 2.36. The summed E-state index contributed by atoms with van der Waals surface area (Å²) >= 11 is 3.21. The van der Waals surface area contributed by atoms with Gasteiger partial charge in [-0.15, -0.1) is 0 Å². The Morgan fingerprint density at radius 2 is 2.05 bits per heavy atom. The quantitative estimate of drug-likeness (QED) is 0.819. The van der Waals surface area contributed by atoms with Gasteiger partial charge in [0, 0.05) is 23.1 Å². The molecule has 0 radical (unpaired) electrons. The molecule has 0 bridgehead atoms. The summed E-state index contributed by atoms with van der Waals surface area (Å²) < 4.78 is 23.3. The topological polar surface area (TPSA) is 80.5 Å². The number of primary sulfonamides is 1. The molecule has 0 aromatic heterocycles. The number of benzene rings is 1. The van der Waals surface area contributed by atoms with Crippen LogP contribution < -0.4 is 5.14 Å². The largest absolute Gasteiger partial charge is 0.334 e. The van der Waals surface area contributed by atoms with E-state index in [0.29, 0.717) is 23.1 Å². The van der Waals surface area contributed by atoms with Gasteiger partial charge in [-0.25, -0.2) is 13.6 Å². The van der Waals surface area contributed by atoms with E-state index >= 15 is 0 Å². The molecule has 20 heavy (non-hydrogen) atoms. The lowest BCUT2D eigenvalue weighted by molar-refractivity contribution is 0.0765. The number of amides is 1. The van der Waals surface area contributed by atoms with E-state index in [9.17, 15) is 13.2 Å². The van der Waals surface area contributed by atoms with Crippen LogP contribution in [0.2, 0.25) is 0 Å². The Bertz CT molecular complexity index is 683. The minimum absolute atomic E-state index is 0.0699. The first-order valence-corrected chi connectivity index (χ1v) is 8.39. The molecule has 1 aliphatic rings. The van der Waals surface area contributed by atoms with Gasteiger partial charge in [-0.05, 0) is 31.5 Å². The molecular weight excluding hydrogens is 344 g/mol. The van der Waals surface area contributed by atoms with Crippen LogP contribution in [0.15, 0.2) is 39.2 Å². The molecule has 0 aliphatic carbocycles. The Balaban J connectivity index is 2.36. The van der Waals surface area contributed by atoms with Crippen molar-refractivity contribution in [2.45, 2.75) is 18.2 Å². The van der Waals surface area contributed by atoms with E-state index in [0.717, 1.165) is 12.0 Å². The highest BCUT2D eigenvalue weighted by molar-refractivity contribution is 9.10. The zero-order valence-corrected chi connectivity index (χ0v) is 13.4. The van der Waals surface area contributed by atoms with Crippen molar-refractivity contribution in [1.29, 1.82) is 0 Å². The highest BCUT2D eigenvalue weighted by atomic mass is 79.9. The van der Waals surface area contributed by atoms with Gasteiger partial charge in [-0.3, -0.25) is 4.79 Å². The van der Waals surface area contributed by atoms with Crippen LogP contribution in [0.1, 0.15) is 23.7 Å². The van der Waals surface area contributed by atoms with Crippen molar-refractivity contribution in [3.63, 3.8) is 0 Å². The fraction of sp³-hybridized carbons (Fsp3) is 0.308. The zero-order chi connectivity index (χ0) is 14.9. The van der Waals surface area contributed by atoms with Crippen molar-refractivity contribution in [3.8, 4) is 0 Å². The molecular formula is C13H15BrN2O3S. The van der Waals surface area contributed by atoms with Gasteiger partial charge in [0.05, 0.1) is 4.90 Å². The summed E-state index contributed by atoms with van der Waals surface area (Å²) in [6.45, 7) is 3.17. The Hall–Kier alpha value is -1.18. The molecule has 0 spiro atoms. The number of nitrogens with two attached hydrogens (primary N) is 1. The highest BCUT2D eigenvalue weighted by Gasteiger charge is 2.20. The smallest absolute Gasteiger partial charge is 0.254 e. The van der Waals surface area contributed by atoms with Gasteiger partial charge in [0.15, 0.2) is 0 Å². The Kier molecular flexibility index (Phi) is 4.31. The minimum Gasteiger partial charge on any atom is -0.334 e. The first kappa shape index (κ1) is 15.2. The highest BCUT2D eigenvalue weighted by Crippen LogP contribution is 2.21. The number of sulfonamides is 1. The van der Waals surface area contributed by atoms with E-state index in [4.69, 9.17) is 5.14 Å². The maximum Gasteiger partial charge on any atom is 0.254 e. The molecule has 0 unspecified atom stereocenters. The van der Waals surface area contributed by atoms with Gasteiger partial charge >= 0.3 is 0 Å². The molecule has 0 saturated heterocycles. The Labute approximate surface area is 126 Å². The van der Waals surface area contributed by atoms with Gasteiger partial charge < -0.3 is 4.90 Å². The second kappa shape index (κ2) is 5.67. The van der Waals surface area contributed by atoms with Crippen molar-refractivity contribution < 1.29 is 13.2 Å². The maximum absolute atomic E-state index is 12.4. The van der Waals surface area contributed by atoms with Crippen LogP contribution in [0.4, 0.5) is 0 Å². The van der Waals surface area contributed by atoms with Crippen LogP contribution in [0.5, 0.6) is 0 Å². The SMILES string of the molecule is CC1=CCCN(C(=O)c2cc(Br)cc(S(N)(=O)=O)c2)C1. The van der Waals surface area contributed by atoms with E-state index in [1.165, 1.54) is 12.1 Å². The van der Waals surface area contributed by atoms with Gasteiger partial charge in [-0.2, -0.15) is 0 Å². The van der Waals surface area contributed by atoms with Gasteiger partial charge in [-0.1, -0.05) is 27.6 Å². The molecule has 1 aliphatic heterocycles. The number of halogens is 1. The summed E-state index contributed by atoms with van der Waals surface area (Å²) in [5.41, 5.74) is 1.45. The molecule has 1 aromatic carbocycles. The van der Waals surface area contributed by atoms with Crippen molar-refractivity contribution in [1.82, 2.24) is 4.90 Å². The lowest BCUT2D eigenvalue weighted by Crippen LogP contribution is -2.35. The standard InChI is InChI=1S/C13H15BrN2O3S/c1-9-3-2-4-16(8-9)13(17)10-5-11(14)7-12(6-10)20(15,18)19/h3,5-7H,2,4,8H2,1H3,(H2,15,18,19). The van der Waals surface area contributed by atoms with Crippen LogP contribution in [-0.4, -0.2) is 32.3 Å². The summed E-state index contributed by atoms with van der Waals surface area (Å²) in [5, 5.41) is 5.11. The molecule has 108 valence electrons. The van der Waals surface area contributed by atoms with Crippen molar-refractivity contribution in [2.24, 2.45) is 5.14 Å². The summed E-state index contributed by atoms with van der Waals surface area (Å²) in [5.74, 6) is -0.191. The molecule has 1 aromatic rings. The molecule has 1 heterocycles. The van der Waals surface area contributed by atoms with Crippen LogP contribution in [0.3, 0.4) is 0 Å². The third-order valence-electron chi connectivity index (χ3n) is 3.07. The number of hydrogen-bond donors (Lipinski definition) is 1. The van der Waals surface area contributed by atoms with Gasteiger partial charge in [0.2, 0.25) is 10.0 Å². The molecule has 5 nitrogen and oxygen atoms in total. The molecule has 0 saturated carbocycles. The van der Waals surface area contributed by atoms with Crippen molar-refractivity contribution in [3.05, 3.63) is 39.9 Å². The molecule has 1 amide bonds. The van der Waals surface area contributed by atoms with Crippen LogP contribution >= 0.6 is 15.9 Å². The first-order valence-electron chi connectivity index (χ1n) is 6.05. The maximum atomic E-state index is 12.4. The third-order valence-corrected chi connectivity index (χ3v) is 4.42. The summed E-state index contributed by atoms with van der Waals surface area (Å²) in [6, 6.07) is 4.30. The normalized spacial score (nSPS) is 15.9. The number of rotatable bonds is 2. The van der Waals surface area contributed by atoms with E-state index < -0.39 is 10.0 Å². The molecule has 2 rings (SSSR count). The summed E-state index contributed by atoms with van der Waals surface area (Å²) in [4.78, 5) is 14.0. The minimum atomic E-state index is -3.83. The van der Waals surface area contributed by atoms with E-state index in [1.807, 2.05) is 6.92 Å². The summed E-state index contributed by atoms with van der Waals surface area (Å²) in [7, 11) is -3.83. The fourth-order valence-electron chi connectivity index (χ4n) is 2.12. The van der Waals surface area contributed by atoms with Crippen LogP contribution in [0, 0.1) is 0 Å². The van der Waals surface area contributed by atoms with E-state index in [1.54, 1.807) is 11.0 Å². The van der Waals surface area contributed by atoms with Crippen molar-refractivity contribution >= 4 is 31.9 Å². The summed E-state index contributed by atoms with van der Waals surface area (Å²) in [6.07, 6.45) is 2.91. The van der Waals surface area contributed by atoms with Gasteiger partial charge in [0.1, 0.15) is 0 Å². The number of carbonyl (C=O) groups excluding carboxylic acids is 1. The van der Waals surface area contributed by atoms with Crippen LogP contribution in [-0.2, 0) is 10.0 Å². The van der Waals surface area contributed by atoms with Gasteiger partial charge in [0.25, 0.3) is 5.91 Å². The Morgan fingerprint density at radius 1 is 1.35 bits per heavy atom. The second-order valence-corrected chi connectivity index (χ2v) is 7.26. The number of hydrogen-bond acceptors (Lipinski definition) is 3. The average molecular weight is 359 g/mol. The zero-order valence-electron chi connectivity index (χ0n) is 11.0. The first-order chi connectivity index (χ1) is 9.27. The predicted molar refractivity (Wildman–Crippen MR) is 79.8 cm³/mol. The molecule has 7 heteroatoms.